The molecule has 0 radical (unpaired) electrons. The van der Waals surface area contributed by atoms with E-state index in [0.717, 1.165) is 0 Å². The average Bonchev–Trinajstić information content (AvgIpc) is 3.34. The summed E-state index contributed by atoms with van der Waals surface area (Å²) in [7, 11) is 0. The molecule has 0 fully saturated rings. The number of hydrogen-bond donors (Lipinski definition) is 3. The van der Waals surface area contributed by atoms with Crippen molar-refractivity contribution in [3.8, 4) is 0 Å². The molecule has 3 rings (SSSR count). The van der Waals surface area contributed by atoms with Crippen LogP contribution in [0.15, 0.2) is 65.8 Å². The van der Waals surface area contributed by atoms with E-state index >= 15 is 0 Å². The molecule has 0 spiro atoms. The summed E-state index contributed by atoms with van der Waals surface area (Å²) in [5.74, 6) is -0.140. The van der Waals surface area contributed by atoms with E-state index in [4.69, 9.17) is 4.42 Å². The van der Waals surface area contributed by atoms with Gasteiger partial charge in [0.2, 0.25) is 0 Å². The fourth-order valence-electron chi connectivity index (χ4n) is 2.74. The highest BCUT2D eigenvalue weighted by Gasteiger charge is 2.26. The Hall–Kier alpha value is -3.55. The van der Waals surface area contributed by atoms with Crippen LogP contribution in [0.25, 0.3) is 0 Å². The Morgan fingerprint density at radius 3 is 2.52 bits per heavy atom. The first-order valence-corrected chi connectivity index (χ1v) is 9.29. The molecule has 0 saturated heterocycles. The maximum Gasteiger partial charge on any atom is 0.319 e. The molecule has 0 aliphatic heterocycles. The van der Waals surface area contributed by atoms with E-state index in [1.165, 1.54) is 6.26 Å². The third-order valence-electron chi connectivity index (χ3n) is 4.43. The van der Waals surface area contributed by atoms with Crippen LogP contribution < -0.4 is 16.0 Å². The Balaban J connectivity index is 1.62. The molecule has 29 heavy (non-hydrogen) atoms. The minimum atomic E-state index is -0.357. The summed E-state index contributed by atoms with van der Waals surface area (Å²) in [6.07, 6.45) is 6.74. The summed E-state index contributed by atoms with van der Waals surface area (Å²) in [5.41, 5.74) is 0.963. The lowest BCUT2D eigenvalue weighted by Crippen LogP contribution is -2.47. The molecule has 0 bridgehead atoms. The zero-order chi connectivity index (χ0) is 20.9. The maximum absolute atomic E-state index is 12.6. The van der Waals surface area contributed by atoms with Crippen LogP contribution >= 0.6 is 0 Å². The normalized spacial score (nSPS) is 12.2. The van der Waals surface area contributed by atoms with Crippen LogP contribution in [-0.4, -0.2) is 27.5 Å². The zero-order valence-electron chi connectivity index (χ0n) is 16.7. The average molecular weight is 395 g/mol. The van der Waals surface area contributed by atoms with E-state index in [2.05, 4.69) is 41.7 Å². The molecule has 8 heteroatoms. The van der Waals surface area contributed by atoms with E-state index in [-0.39, 0.29) is 29.2 Å². The predicted molar refractivity (Wildman–Crippen MR) is 111 cm³/mol. The monoisotopic (exact) mass is 395 g/mol. The van der Waals surface area contributed by atoms with E-state index in [9.17, 15) is 9.59 Å². The number of amides is 3. The van der Waals surface area contributed by atoms with Crippen LogP contribution in [0, 0.1) is 5.41 Å². The van der Waals surface area contributed by atoms with Gasteiger partial charge in [-0.05, 0) is 35.7 Å². The van der Waals surface area contributed by atoms with Crippen molar-refractivity contribution in [2.75, 3.05) is 10.6 Å². The van der Waals surface area contributed by atoms with Gasteiger partial charge in [0, 0.05) is 30.3 Å². The minimum absolute atomic E-state index is 0.112. The molecule has 8 nitrogen and oxygen atoms in total. The molecule has 2 aromatic heterocycles. The second kappa shape index (κ2) is 8.64. The fraction of sp³-hybridized carbons (Fsp3) is 0.286. The van der Waals surface area contributed by atoms with Crippen molar-refractivity contribution in [3.05, 3.63) is 67.1 Å². The van der Waals surface area contributed by atoms with Gasteiger partial charge in [0.05, 0.1) is 18.6 Å². The van der Waals surface area contributed by atoms with E-state index in [1.54, 1.807) is 48.9 Å². The highest BCUT2D eigenvalue weighted by atomic mass is 16.3. The van der Waals surface area contributed by atoms with Crippen LogP contribution in [0.2, 0.25) is 0 Å². The smallest absolute Gasteiger partial charge is 0.319 e. The quantitative estimate of drug-likeness (QED) is 0.588. The van der Waals surface area contributed by atoms with Gasteiger partial charge in [-0.2, -0.15) is 0 Å². The lowest BCUT2D eigenvalue weighted by atomic mass is 9.86. The SMILES string of the molecule is CC(C)(C)[C@@H](Cn1ccnc1)NC(=O)Nc1cccc(NC(=O)c2ccco2)c1. The minimum Gasteiger partial charge on any atom is -0.459 e. The van der Waals surface area contributed by atoms with Gasteiger partial charge in [-0.15, -0.1) is 0 Å². The Morgan fingerprint density at radius 2 is 1.90 bits per heavy atom. The maximum atomic E-state index is 12.6. The first kappa shape index (κ1) is 20.2. The summed E-state index contributed by atoms with van der Waals surface area (Å²) in [4.78, 5) is 28.7. The van der Waals surface area contributed by atoms with E-state index in [0.29, 0.717) is 17.9 Å². The highest BCUT2D eigenvalue weighted by molar-refractivity contribution is 6.02. The molecule has 0 aliphatic rings. The lowest BCUT2D eigenvalue weighted by molar-refractivity contribution is 0.0996. The first-order valence-electron chi connectivity index (χ1n) is 9.29. The van der Waals surface area contributed by atoms with Gasteiger partial charge < -0.3 is 24.9 Å². The van der Waals surface area contributed by atoms with Gasteiger partial charge in [0.25, 0.3) is 5.91 Å². The summed E-state index contributed by atoms with van der Waals surface area (Å²) in [6, 6.07) is 9.72. The van der Waals surface area contributed by atoms with Gasteiger partial charge >= 0.3 is 6.03 Å². The summed E-state index contributed by atoms with van der Waals surface area (Å²) < 4.78 is 7.01. The molecular formula is C21H25N5O3. The molecule has 0 unspecified atom stereocenters. The van der Waals surface area contributed by atoms with Crippen LogP contribution in [0.1, 0.15) is 31.3 Å². The molecule has 2 heterocycles. The fourth-order valence-corrected chi connectivity index (χ4v) is 2.74. The number of anilines is 2. The van der Waals surface area contributed by atoms with E-state index < -0.39 is 0 Å². The van der Waals surface area contributed by atoms with Crippen molar-refractivity contribution in [2.24, 2.45) is 5.41 Å². The Labute approximate surface area is 169 Å². The zero-order valence-corrected chi connectivity index (χ0v) is 16.7. The molecule has 3 N–H and O–H groups in total. The van der Waals surface area contributed by atoms with Crippen molar-refractivity contribution >= 4 is 23.3 Å². The number of carbonyl (C=O) groups excluding carboxylic acids is 2. The number of furan rings is 1. The Bertz CT molecular complexity index is 943. The van der Waals surface area contributed by atoms with Crippen molar-refractivity contribution in [2.45, 2.75) is 33.4 Å². The number of urea groups is 1. The summed E-state index contributed by atoms with van der Waals surface area (Å²) in [6.45, 7) is 6.81. The van der Waals surface area contributed by atoms with Gasteiger partial charge in [-0.25, -0.2) is 9.78 Å². The second-order valence-corrected chi connectivity index (χ2v) is 7.79. The molecule has 0 saturated carbocycles. The largest absolute Gasteiger partial charge is 0.459 e. The Morgan fingerprint density at radius 1 is 1.14 bits per heavy atom. The molecule has 1 atom stereocenters. The van der Waals surface area contributed by atoms with Gasteiger partial charge in [-0.1, -0.05) is 26.8 Å². The van der Waals surface area contributed by atoms with Gasteiger partial charge in [-0.3, -0.25) is 4.79 Å². The van der Waals surface area contributed by atoms with E-state index in [1.807, 2.05) is 10.8 Å². The summed E-state index contributed by atoms with van der Waals surface area (Å²) in [5, 5.41) is 8.59. The number of rotatable bonds is 6. The van der Waals surface area contributed by atoms with Crippen molar-refractivity contribution in [1.82, 2.24) is 14.9 Å². The number of hydrogen-bond acceptors (Lipinski definition) is 4. The molecule has 3 amide bonds. The highest BCUT2D eigenvalue weighted by Crippen LogP contribution is 2.21. The first-order chi connectivity index (χ1) is 13.8. The number of benzene rings is 1. The van der Waals surface area contributed by atoms with Crippen LogP contribution in [0.5, 0.6) is 0 Å². The van der Waals surface area contributed by atoms with Crippen LogP contribution in [0.3, 0.4) is 0 Å². The number of imidazole rings is 1. The summed E-state index contributed by atoms with van der Waals surface area (Å²) >= 11 is 0. The number of aromatic nitrogens is 2. The number of carbonyl (C=O) groups is 2. The molecule has 1 aromatic carbocycles. The third-order valence-corrected chi connectivity index (χ3v) is 4.43. The molecule has 152 valence electrons. The molecule has 0 aliphatic carbocycles. The lowest BCUT2D eigenvalue weighted by Gasteiger charge is -2.31. The Kier molecular flexibility index (Phi) is 6.01. The molecule has 3 aromatic rings. The molecular weight excluding hydrogens is 370 g/mol. The van der Waals surface area contributed by atoms with Crippen LogP contribution in [-0.2, 0) is 6.54 Å². The van der Waals surface area contributed by atoms with Crippen LogP contribution in [0.4, 0.5) is 16.2 Å². The standard InChI is InChI=1S/C21H25N5O3/c1-21(2,3)18(13-26-10-9-22-14-26)25-20(28)24-16-7-4-6-15(12-16)23-19(27)17-8-5-11-29-17/h4-12,14,18H,13H2,1-3H3,(H,23,27)(H2,24,25,28)/t18-/m1/s1. The number of nitrogens with one attached hydrogen (secondary N) is 3. The third kappa shape index (κ3) is 5.71. The number of nitrogens with zero attached hydrogens (tertiary/aromatic N) is 2. The van der Waals surface area contributed by atoms with Gasteiger partial charge in [0.15, 0.2) is 5.76 Å². The topological polar surface area (TPSA) is 101 Å². The second-order valence-electron chi connectivity index (χ2n) is 7.79. The van der Waals surface area contributed by atoms with Crippen molar-refractivity contribution < 1.29 is 14.0 Å². The predicted octanol–water partition coefficient (Wildman–Crippen LogP) is 3.96. The van der Waals surface area contributed by atoms with Crippen molar-refractivity contribution in [3.63, 3.8) is 0 Å². The van der Waals surface area contributed by atoms with Gasteiger partial charge in [0.1, 0.15) is 0 Å². The van der Waals surface area contributed by atoms with Crippen molar-refractivity contribution in [1.29, 1.82) is 0 Å².